The number of thioether (sulfide) groups is 1. The van der Waals surface area contributed by atoms with Crippen molar-refractivity contribution in [3.63, 3.8) is 0 Å². The monoisotopic (exact) mass is 297 g/mol. The van der Waals surface area contributed by atoms with E-state index in [0.717, 1.165) is 0 Å². The summed E-state index contributed by atoms with van der Waals surface area (Å²) in [6.07, 6.45) is 13.7. The minimum Gasteiger partial charge on any atom is -0.327 e. The normalized spacial score (nSPS) is 27.4. The second kappa shape index (κ2) is 9.04. The first kappa shape index (κ1) is 15.4. The number of nitrogens with two attached hydrogens (primary N) is 1. The molecule has 1 saturated carbocycles. The Morgan fingerprint density at radius 2 is 1.58 bits per heavy atom. The van der Waals surface area contributed by atoms with Gasteiger partial charge in [0.1, 0.15) is 0 Å². The van der Waals surface area contributed by atoms with Gasteiger partial charge < -0.3 is 5.73 Å². The van der Waals surface area contributed by atoms with Crippen LogP contribution in [0.25, 0.3) is 0 Å². The van der Waals surface area contributed by atoms with Crippen LogP contribution in [0.4, 0.5) is 0 Å². The van der Waals surface area contributed by atoms with E-state index in [4.69, 9.17) is 5.73 Å². The molecule has 0 saturated heterocycles. The summed E-state index contributed by atoms with van der Waals surface area (Å²) in [6, 6.07) is 4.76. The number of hydrogen-bond acceptors (Lipinski definition) is 3. The second-order valence-electron chi connectivity index (χ2n) is 5.66. The van der Waals surface area contributed by atoms with E-state index in [1.807, 2.05) is 23.1 Å². The first-order chi connectivity index (χ1) is 9.36. The van der Waals surface area contributed by atoms with Crippen LogP contribution < -0.4 is 5.73 Å². The van der Waals surface area contributed by atoms with Gasteiger partial charge in [-0.3, -0.25) is 0 Å². The van der Waals surface area contributed by atoms with E-state index in [9.17, 15) is 0 Å². The number of hydrogen-bond donors (Lipinski definition) is 1. The van der Waals surface area contributed by atoms with Gasteiger partial charge >= 0.3 is 0 Å². The Kier molecular flexibility index (Phi) is 7.33. The molecule has 0 bridgehead atoms. The van der Waals surface area contributed by atoms with E-state index in [0.29, 0.717) is 11.3 Å². The van der Waals surface area contributed by atoms with Crippen LogP contribution in [0.15, 0.2) is 21.7 Å². The SMILES string of the molecule is NC1CCCCCCCCCCC1Sc1cccs1. The molecule has 0 radical (unpaired) electrons. The zero-order valence-electron chi connectivity index (χ0n) is 11.9. The minimum atomic E-state index is 0.381. The fourth-order valence-electron chi connectivity index (χ4n) is 2.81. The zero-order chi connectivity index (χ0) is 13.3. The Morgan fingerprint density at radius 1 is 0.947 bits per heavy atom. The van der Waals surface area contributed by atoms with Crippen LogP contribution >= 0.6 is 23.1 Å². The number of thiophene rings is 1. The molecule has 108 valence electrons. The summed E-state index contributed by atoms with van der Waals surface area (Å²) in [4.78, 5) is 0. The molecule has 19 heavy (non-hydrogen) atoms. The van der Waals surface area contributed by atoms with Gasteiger partial charge in [-0.05, 0) is 24.3 Å². The summed E-state index contributed by atoms with van der Waals surface area (Å²) in [6.45, 7) is 0. The van der Waals surface area contributed by atoms with Crippen LogP contribution in [0.3, 0.4) is 0 Å². The fraction of sp³-hybridized carbons (Fsp3) is 0.750. The third kappa shape index (κ3) is 5.88. The Morgan fingerprint density at radius 3 is 2.21 bits per heavy atom. The van der Waals surface area contributed by atoms with Gasteiger partial charge in [-0.25, -0.2) is 0 Å². The van der Waals surface area contributed by atoms with Crippen molar-refractivity contribution in [1.29, 1.82) is 0 Å². The third-order valence-electron chi connectivity index (χ3n) is 4.02. The lowest BCUT2D eigenvalue weighted by Crippen LogP contribution is -2.32. The van der Waals surface area contributed by atoms with Crippen LogP contribution in [0.2, 0.25) is 0 Å². The van der Waals surface area contributed by atoms with Gasteiger partial charge in [-0.15, -0.1) is 23.1 Å². The van der Waals surface area contributed by atoms with Crippen LogP contribution in [0.1, 0.15) is 64.2 Å². The van der Waals surface area contributed by atoms with Crippen molar-refractivity contribution in [1.82, 2.24) is 0 Å². The van der Waals surface area contributed by atoms with Crippen LogP contribution in [-0.2, 0) is 0 Å². The van der Waals surface area contributed by atoms with Gasteiger partial charge in [0.2, 0.25) is 0 Å². The van der Waals surface area contributed by atoms with Gasteiger partial charge in [0.25, 0.3) is 0 Å². The lowest BCUT2D eigenvalue weighted by molar-refractivity contribution is 0.473. The Labute approximate surface area is 126 Å². The van der Waals surface area contributed by atoms with Crippen LogP contribution in [-0.4, -0.2) is 11.3 Å². The highest BCUT2D eigenvalue weighted by molar-refractivity contribution is 8.01. The highest BCUT2D eigenvalue weighted by Crippen LogP contribution is 2.33. The maximum Gasteiger partial charge on any atom is 0.0601 e. The first-order valence-corrected chi connectivity index (χ1v) is 9.58. The molecule has 2 N–H and O–H groups in total. The summed E-state index contributed by atoms with van der Waals surface area (Å²) < 4.78 is 1.44. The molecule has 3 heteroatoms. The Bertz CT molecular complexity index is 323. The molecule has 1 fully saturated rings. The molecule has 1 aliphatic rings. The third-order valence-corrected chi connectivity index (χ3v) is 6.51. The molecule has 1 nitrogen and oxygen atoms in total. The zero-order valence-corrected chi connectivity index (χ0v) is 13.5. The fourth-order valence-corrected chi connectivity index (χ4v) is 5.07. The molecule has 2 rings (SSSR count). The molecule has 1 heterocycles. The summed E-state index contributed by atoms with van der Waals surface area (Å²) in [5.74, 6) is 0. The highest BCUT2D eigenvalue weighted by Gasteiger charge is 2.19. The summed E-state index contributed by atoms with van der Waals surface area (Å²) >= 11 is 3.88. The van der Waals surface area contributed by atoms with E-state index in [1.165, 1.54) is 68.4 Å². The Hall–Kier alpha value is 0.01000. The standard InChI is InChI=1S/C16H27NS2/c17-14-10-7-5-3-1-2-4-6-8-11-15(14)19-16-12-9-13-18-16/h9,12-15H,1-8,10-11,17H2. The maximum absolute atomic E-state index is 6.46. The lowest BCUT2D eigenvalue weighted by Gasteiger charge is -2.23. The van der Waals surface area contributed by atoms with Gasteiger partial charge in [0.05, 0.1) is 4.21 Å². The maximum atomic E-state index is 6.46. The molecule has 0 amide bonds. The van der Waals surface area contributed by atoms with Crippen molar-refractivity contribution in [3.8, 4) is 0 Å². The van der Waals surface area contributed by atoms with Crippen molar-refractivity contribution in [3.05, 3.63) is 17.5 Å². The average Bonchev–Trinajstić information content (AvgIpc) is 2.90. The molecule has 1 aromatic heterocycles. The lowest BCUT2D eigenvalue weighted by atomic mass is 9.98. The molecule has 0 spiro atoms. The Balaban J connectivity index is 1.87. The van der Waals surface area contributed by atoms with E-state index in [2.05, 4.69) is 17.5 Å². The van der Waals surface area contributed by atoms with E-state index < -0.39 is 0 Å². The van der Waals surface area contributed by atoms with Crippen molar-refractivity contribution < 1.29 is 0 Å². The molecule has 0 aliphatic heterocycles. The van der Waals surface area contributed by atoms with E-state index >= 15 is 0 Å². The topological polar surface area (TPSA) is 26.0 Å². The molecule has 1 aliphatic carbocycles. The molecule has 1 aromatic rings. The van der Waals surface area contributed by atoms with Crippen molar-refractivity contribution in [2.75, 3.05) is 0 Å². The van der Waals surface area contributed by atoms with E-state index in [1.54, 1.807) is 0 Å². The second-order valence-corrected chi connectivity index (χ2v) is 8.15. The molecular formula is C16H27NS2. The largest absolute Gasteiger partial charge is 0.327 e. The predicted octanol–water partition coefficient (Wildman–Crippen LogP) is 5.45. The highest BCUT2D eigenvalue weighted by atomic mass is 32.2. The molecule has 2 unspecified atom stereocenters. The summed E-state index contributed by atoms with van der Waals surface area (Å²) in [5, 5.41) is 2.79. The van der Waals surface area contributed by atoms with Gasteiger partial charge in [-0.1, -0.05) is 57.4 Å². The minimum absolute atomic E-state index is 0.381. The van der Waals surface area contributed by atoms with Crippen LogP contribution in [0, 0.1) is 0 Å². The quantitative estimate of drug-likeness (QED) is 0.785. The predicted molar refractivity (Wildman–Crippen MR) is 88.1 cm³/mol. The van der Waals surface area contributed by atoms with Gasteiger partial charge in [0, 0.05) is 11.3 Å². The van der Waals surface area contributed by atoms with Crippen molar-refractivity contribution in [2.45, 2.75) is 79.7 Å². The molecule has 2 atom stereocenters. The smallest absolute Gasteiger partial charge is 0.0601 e. The van der Waals surface area contributed by atoms with Crippen molar-refractivity contribution in [2.24, 2.45) is 5.73 Å². The summed E-state index contributed by atoms with van der Waals surface area (Å²) in [7, 11) is 0. The molecule has 0 aromatic carbocycles. The van der Waals surface area contributed by atoms with E-state index in [-0.39, 0.29) is 0 Å². The average molecular weight is 298 g/mol. The summed E-state index contributed by atoms with van der Waals surface area (Å²) in [5.41, 5.74) is 6.46. The van der Waals surface area contributed by atoms with Gasteiger partial charge in [0.15, 0.2) is 0 Å². The first-order valence-electron chi connectivity index (χ1n) is 7.82. The molecular weight excluding hydrogens is 270 g/mol. The van der Waals surface area contributed by atoms with Gasteiger partial charge in [-0.2, -0.15) is 0 Å². The van der Waals surface area contributed by atoms with Crippen molar-refractivity contribution >= 4 is 23.1 Å². The van der Waals surface area contributed by atoms with Crippen LogP contribution in [0.5, 0.6) is 0 Å². The number of rotatable bonds is 2.